The van der Waals surface area contributed by atoms with E-state index in [0.717, 1.165) is 22.6 Å². The number of para-hydroxylation sites is 2. The molecule has 0 aliphatic carbocycles. The standard InChI is InChI=1S/C30H25FN4O3S/c1-37-25-7-5-6-22(18-25)28-33-34-30(35(28)26-8-3-4-9-27(26)38-2)39-19-20-10-12-21(13-11-20)29(36)32-24-16-14-23(31)15-17-24/h3-18H,19H2,1-2H3,(H,32,36). The lowest BCUT2D eigenvalue weighted by Gasteiger charge is -2.14. The molecule has 1 aromatic heterocycles. The molecule has 0 atom stereocenters. The molecule has 7 nitrogen and oxygen atoms in total. The van der Waals surface area contributed by atoms with Crippen molar-refractivity contribution in [3.63, 3.8) is 0 Å². The van der Waals surface area contributed by atoms with Gasteiger partial charge in [0, 0.05) is 22.6 Å². The lowest BCUT2D eigenvalue weighted by atomic mass is 10.1. The molecule has 1 heterocycles. The molecule has 1 N–H and O–H groups in total. The second kappa shape index (κ2) is 11.8. The van der Waals surface area contributed by atoms with Gasteiger partial charge in [-0.05, 0) is 66.2 Å². The van der Waals surface area contributed by atoms with Crippen LogP contribution in [0.3, 0.4) is 0 Å². The number of carbonyl (C=O) groups is 1. The van der Waals surface area contributed by atoms with Crippen molar-refractivity contribution in [1.29, 1.82) is 0 Å². The summed E-state index contributed by atoms with van der Waals surface area (Å²) in [4.78, 5) is 12.6. The lowest BCUT2D eigenvalue weighted by molar-refractivity contribution is 0.102. The summed E-state index contributed by atoms with van der Waals surface area (Å²) in [5, 5.41) is 12.5. The molecule has 0 unspecified atom stereocenters. The molecule has 196 valence electrons. The van der Waals surface area contributed by atoms with E-state index in [2.05, 4.69) is 15.5 Å². The normalized spacial score (nSPS) is 10.7. The molecule has 4 aromatic carbocycles. The van der Waals surface area contributed by atoms with Crippen LogP contribution in [-0.2, 0) is 5.75 Å². The monoisotopic (exact) mass is 540 g/mol. The van der Waals surface area contributed by atoms with Gasteiger partial charge in [-0.1, -0.05) is 48.2 Å². The van der Waals surface area contributed by atoms with Gasteiger partial charge in [-0.25, -0.2) is 4.39 Å². The lowest BCUT2D eigenvalue weighted by Crippen LogP contribution is -2.11. The van der Waals surface area contributed by atoms with Crippen LogP contribution in [-0.4, -0.2) is 34.9 Å². The van der Waals surface area contributed by atoms with Gasteiger partial charge in [0.15, 0.2) is 11.0 Å². The van der Waals surface area contributed by atoms with Crippen molar-refractivity contribution in [2.45, 2.75) is 10.9 Å². The third-order valence-corrected chi connectivity index (χ3v) is 6.97. The number of nitrogens with zero attached hydrogens (tertiary/aromatic N) is 3. The Hall–Kier alpha value is -4.63. The average Bonchev–Trinajstić information content (AvgIpc) is 3.41. The SMILES string of the molecule is COc1cccc(-c2nnc(SCc3ccc(C(=O)Nc4ccc(F)cc4)cc3)n2-c2ccccc2OC)c1. The van der Waals surface area contributed by atoms with Crippen LogP contribution < -0.4 is 14.8 Å². The van der Waals surface area contributed by atoms with Crippen LogP contribution in [0.2, 0.25) is 0 Å². The van der Waals surface area contributed by atoms with Crippen LogP contribution in [0, 0.1) is 5.82 Å². The van der Waals surface area contributed by atoms with Gasteiger partial charge in [0.2, 0.25) is 0 Å². The number of hydrogen-bond donors (Lipinski definition) is 1. The number of aromatic nitrogens is 3. The molecular formula is C30H25FN4O3S. The fraction of sp³-hybridized carbons (Fsp3) is 0.100. The summed E-state index contributed by atoms with van der Waals surface area (Å²) in [6.07, 6.45) is 0. The smallest absolute Gasteiger partial charge is 0.255 e. The molecule has 1 amide bonds. The number of ether oxygens (including phenoxy) is 2. The molecular weight excluding hydrogens is 515 g/mol. The van der Waals surface area contributed by atoms with Crippen molar-refractivity contribution >= 4 is 23.4 Å². The summed E-state index contributed by atoms with van der Waals surface area (Å²) in [6.45, 7) is 0. The Morgan fingerprint density at radius 1 is 0.897 bits per heavy atom. The Labute approximate surface area is 229 Å². The molecule has 5 rings (SSSR count). The molecule has 0 saturated heterocycles. The Bertz CT molecular complexity index is 1590. The first-order valence-corrected chi connectivity index (χ1v) is 13.1. The van der Waals surface area contributed by atoms with Crippen LogP contribution in [0.25, 0.3) is 17.1 Å². The zero-order valence-corrected chi connectivity index (χ0v) is 22.1. The van der Waals surface area contributed by atoms with E-state index in [-0.39, 0.29) is 11.7 Å². The van der Waals surface area contributed by atoms with Crippen LogP contribution in [0.5, 0.6) is 11.5 Å². The first kappa shape index (κ1) is 26.0. The second-order valence-corrected chi connectivity index (χ2v) is 9.43. The Morgan fingerprint density at radius 3 is 2.41 bits per heavy atom. The van der Waals surface area contributed by atoms with Gasteiger partial charge in [0.1, 0.15) is 17.3 Å². The third kappa shape index (κ3) is 5.94. The molecule has 0 aliphatic heterocycles. The van der Waals surface area contributed by atoms with Crippen molar-refractivity contribution in [2.75, 3.05) is 19.5 Å². The quantitative estimate of drug-likeness (QED) is 0.211. The highest BCUT2D eigenvalue weighted by atomic mass is 32.2. The predicted molar refractivity (Wildman–Crippen MR) is 150 cm³/mol. The largest absolute Gasteiger partial charge is 0.497 e. The maximum atomic E-state index is 13.1. The van der Waals surface area contributed by atoms with E-state index in [1.807, 2.05) is 65.2 Å². The van der Waals surface area contributed by atoms with Gasteiger partial charge >= 0.3 is 0 Å². The van der Waals surface area contributed by atoms with Crippen LogP contribution in [0.1, 0.15) is 15.9 Å². The molecule has 0 saturated carbocycles. The number of amides is 1. The number of anilines is 1. The van der Waals surface area contributed by atoms with Gasteiger partial charge in [-0.3, -0.25) is 9.36 Å². The van der Waals surface area contributed by atoms with Crippen LogP contribution in [0.4, 0.5) is 10.1 Å². The predicted octanol–water partition coefficient (Wildman–Crippen LogP) is 6.64. The van der Waals surface area contributed by atoms with E-state index in [1.54, 1.807) is 26.4 Å². The number of methoxy groups -OCH3 is 2. The summed E-state index contributed by atoms with van der Waals surface area (Å²) < 4.78 is 26.2. The molecule has 0 fully saturated rings. The van der Waals surface area contributed by atoms with Crippen LogP contribution in [0.15, 0.2) is 102 Å². The summed E-state index contributed by atoms with van der Waals surface area (Å²) in [7, 11) is 3.26. The zero-order chi connectivity index (χ0) is 27.2. The first-order chi connectivity index (χ1) is 19.1. The van der Waals surface area contributed by atoms with E-state index in [0.29, 0.717) is 33.7 Å². The average molecular weight is 541 g/mol. The maximum Gasteiger partial charge on any atom is 0.255 e. The number of halogens is 1. The molecule has 0 radical (unpaired) electrons. The molecule has 9 heteroatoms. The second-order valence-electron chi connectivity index (χ2n) is 8.49. The summed E-state index contributed by atoms with van der Waals surface area (Å²) in [5.74, 6) is 2.06. The number of thioether (sulfide) groups is 1. The van der Waals surface area contributed by atoms with Gasteiger partial charge < -0.3 is 14.8 Å². The fourth-order valence-corrected chi connectivity index (χ4v) is 4.88. The number of nitrogens with one attached hydrogen (secondary N) is 1. The highest BCUT2D eigenvalue weighted by Gasteiger charge is 2.19. The van der Waals surface area contributed by atoms with Crippen molar-refractivity contribution in [3.8, 4) is 28.6 Å². The van der Waals surface area contributed by atoms with E-state index in [9.17, 15) is 9.18 Å². The molecule has 0 spiro atoms. The Kier molecular flexibility index (Phi) is 7.88. The molecule has 39 heavy (non-hydrogen) atoms. The first-order valence-electron chi connectivity index (χ1n) is 12.1. The van der Waals surface area contributed by atoms with Crippen molar-refractivity contribution in [1.82, 2.24) is 14.8 Å². The minimum absolute atomic E-state index is 0.264. The highest BCUT2D eigenvalue weighted by Crippen LogP contribution is 2.34. The molecule has 0 aliphatic rings. The molecule has 5 aromatic rings. The molecule has 0 bridgehead atoms. The summed E-state index contributed by atoms with van der Waals surface area (Å²) in [5.41, 5.74) is 3.72. The maximum absolute atomic E-state index is 13.1. The summed E-state index contributed by atoms with van der Waals surface area (Å²) in [6, 6.07) is 28.4. The van der Waals surface area contributed by atoms with Crippen molar-refractivity contribution in [2.24, 2.45) is 0 Å². The van der Waals surface area contributed by atoms with Crippen LogP contribution >= 0.6 is 11.8 Å². The number of rotatable bonds is 9. The van der Waals surface area contributed by atoms with Gasteiger partial charge in [0.25, 0.3) is 5.91 Å². The van der Waals surface area contributed by atoms with Gasteiger partial charge in [0.05, 0.1) is 19.9 Å². The summed E-state index contributed by atoms with van der Waals surface area (Å²) >= 11 is 1.52. The number of benzene rings is 4. The van der Waals surface area contributed by atoms with Crippen molar-refractivity contribution in [3.05, 3.63) is 114 Å². The Morgan fingerprint density at radius 2 is 1.67 bits per heavy atom. The van der Waals surface area contributed by atoms with E-state index in [4.69, 9.17) is 9.47 Å². The minimum Gasteiger partial charge on any atom is -0.497 e. The van der Waals surface area contributed by atoms with E-state index >= 15 is 0 Å². The number of hydrogen-bond acceptors (Lipinski definition) is 6. The number of carbonyl (C=O) groups excluding carboxylic acids is 1. The third-order valence-electron chi connectivity index (χ3n) is 5.97. The topological polar surface area (TPSA) is 78.3 Å². The van der Waals surface area contributed by atoms with E-state index < -0.39 is 0 Å². The fourth-order valence-electron chi connectivity index (χ4n) is 3.98. The van der Waals surface area contributed by atoms with Gasteiger partial charge in [-0.15, -0.1) is 10.2 Å². The van der Waals surface area contributed by atoms with E-state index in [1.165, 1.54) is 36.0 Å². The van der Waals surface area contributed by atoms with Gasteiger partial charge in [-0.2, -0.15) is 0 Å². The zero-order valence-electron chi connectivity index (χ0n) is 21.3. The highest BCUT2D eigenvalue weighted by molar-refractivity contribution is 7.98. The Balaban J connectivity index is 1.38. The minimum atomic E-state index is -0.355. The van der Waals surface area contributed by atoms with Crippen molar-refractivity contribution < 1.29 is 18.7 Å².